The molecule has 18 heavy (non-hydrogen) atoms. The maximum absolute atomic E-state index is 10.2. The van der Waals surface area contributed by atoms with Gasteiger partial charge in [0.25, 0.3) is 0 Å². The van der Waals surface area contributed by atoms with Gasteiger partial charge in [-0.05, 0) is 18.2 Å². The van der Waals surface area contributed by atoms with Crippen molar-refractivity contribution in [2.45, 2.75) is 18.6 Å². The molecule has 1 aliphatic rings. The van der Waals surface area contributed by atoms with Crippen LogP contribution in [0.4, 0.5) is 0 Å². The van der Waals surface area contributed by atoms with Crippen LogP contribution in [-0.4, -0.2) is 14.9 Å². The van der Waals surface area contributed by atoms with E-state index < -0.39 is 6.10 Å². The fraction of sp³-hybridized carbons (Fsp3) is 0.308. The summed E-state index contributed by atoms with van der Waals surface area (Å²) < 4.78 is 7.61. The minimum Gasteiger partial charge on any atom is -0.485 e. The molecule has 94 valence electrons. The molecule has 0 radical (unpaired) electrons. The zero-order valence-electron chi connectivity index (χ0n) is 9.88. The number of aliphatic hydroxyl groups excluding tert-OH is 1. The number of rotatable bonds is 1. The van der Waals surface area contributed by atoms with E-state index in [1.165, 1.54) is 0 Å². The first-order valence-corrected chi connectivity index (χ1v) is 6.14. The van der Waals surface area contributed by atoms with Crippen LogP contribution in [0.1, 0.15) is 29.8 Å². The average molecular weight is 265 g/mol. The fourth-order valence-corrected chi connectivity index (χ4v) is 2.41. The van der Waals surface area contributed by atoms with Gasteiger partial charge >= 0.3 is 0 Å². The number of fused-ring (bicyclic) bond motifs is 1. The molecule has 1 aromatic carbocycles. The maximum Gasteiger partial charge on any atom is 0.130 e. The monoisotopic (exact) mass is 264 g/mol. The standard InChI is InChI=1S/C13H13ClN2O2/c1-16-7-8(6-15-16)13-5-11(17)10-4-9(14)2-3-12(10)18-13/h2-4,6-7,11,13,17H,5H2,1H3. The molecule has 0 fully saturated rings. The molecule has 2 atom stereocenters. The minimum atomic E-state index is -0.558. The highest BCUT2D eigenvalue weighted by atomic mass is 35.5. The van der Waals surface area contributed by atoms with E-state index in [-0.39, 0.29) is 6.10 Å². The third kappa shape index (κ3) is 1.98. The summed E-state index contributed by atoms with van der Waals surface area (Å²) in [6.45, 7) is 0. The summed E-state index contributed by atoms with van der Waals surface area (Å²) in [5.41, 5.74) is 1.72. The molecule has 5 heteroatoms. The van der Waals surface area contributed by atoms with Crippen molar-refractivity contribution in [2.24, 2.45) is 7.05 Å². The van der Waals surface area contributed by atoms with Gasteiger partial charge in [-0.1, -0.05) is 11.6 Å². The number of nitrogens with zero attached hydrogens (tertiary/aromatic N) is 2. The zero-order valence-corrected chi connectivity index (χ0v) is 10.6. The van der Waals surface area contributed by atoms with Gasteiger partial charge in [-0.2, -0.15) is 5.10 Å². The molecule has 2 aromatic rings. The van der Waals surface area contributed by atoms with E-state index in [4.69, 9.17) is 16.3 Å². The molecule has 0 bridgehead atoms. The summed E-state index contributed by atoms with van der Waals surface area (Å²) in [5.74, 6) is 0.687. The molecule has 1 aliphatic heterocycles. The van der Waals surface area contributed by atoms with Crippen LogP contribution < -0.4 is 4.74 Å². The second-order valence-electron chi connectivity index (χ2n) is 4.49. The highest BCUT2D eigenvalue weighted by Gasteiger charge is 2.28. The zero-order chi connectivity index (χ0) is 12.7. The van der Waals surface area contributed by atoms with Crippen LogP contribution >= 0.6 is 11.6 Å². The van der Waals surface area contributed by atoms with Gasteiger partial charge in [-0.15, -0.1) is 0 Å². The lowest BCUT2D eigenvalue weighted by molar-refractivity contribution is 0.0657. The lowest BCUT2D eigenvalue weighted by Crippen LogP contribution is -2.18. The van der Waals surface area contributed by atoms with Gasteiger partial charge in [-0.3, -0.25) is 4.68 Å². The Kier molecular flexibility index (Phi) is 2.76. The van der Waals surface area contributed by atoms with E-state index in [0.29, 0.717) is 17.2 Å². The third-order valence-corrected chi connectivity index (χ3v) is 3.37. The van der Waals surface area contributed by atoms with Crippen LogP contribution in [0.15, 0.2) is 30.6 Å². The highest BCUT2D eigenvalue weighted by molar-refractivity contribution is 6.30. The quantitative estimate of drug-likeness (QED) is 0.861. The number of aryl methyl sites for hydroxylation is 1. The van der Waals surface area contributed by atoms with E-state index in [9.17, 15) is 5.11 Å². The Bertz CT molecular complexity index is 582. The SMILES string of the molecule is Cn1cc(C2CC(O)c3cc(Cl)ccc3O2)cn1. The van der Waals surface area contributed by atoms with Gasteiger partial charge in [0.2, 0.25) is 0 Å². The molecular weight excluding hydrogens is 252 g/mol. The Balaban J connectivity index is 1.94. The summed E-state index contributed by atoms with van der Waals surface area (Å²) in [6, 6.07) is 5.31. The van der Waals surface area contributed by atoms with Crippen LogP contribution in [0.3, 0.4) is 0 Å². The molecule has 3 rings (SSSR count). The highest BCUT2D eigenvalue weighted by Crippen LogP contribution is 2.41. The third-order valence-electron chi connectivity index (χ3n) is 3.13. The first-order valence-electron chi connectivity index (χ1n) is 5.76. The summed E-state index contributed by atoms with van der Waals surface area (Å²) in [5, 5.41) is 14.9. The van der Waals surface area contributed by atoms with Crippen molar-refractivity contribution in [1.29, 1.82) is 0 Å². The predicted molar refractivity (Wildman–Crippen MR) is 67.6 cm³/mol. The van der Waals surface area contributed by atoms with E-state index in [1.807, 2.05) is 13.2 Å². The molecule has 2 unspecified atom stereocenters. The molecule has 0 saturated heterocycles. The second-order valence-corrected chi connectivity index (χ2v) is 4.92. The average Bonchev–Trinajstić information content (AvgIpc) is 2.77. The second kappa shape index (κ2) is 4.30. The number of hydrogen-bond acceptors (Lipinski definition) is 3. The molecule has 0 aliphatic carbocycles. The number of hydrogen-bond donors (Lipinski definition) is 1. The van der Waals surface area contributed by atoms with Crippen molar-refractivity contribution < 1.29 is 9.84 Å². The largest absolute Gasteiger partial charge is 0.485 e. The Hall–Kier alpha value is -1.52. The predicted octanol–water partition coefficient (Wildman–Crippen LogP) is 2.63. The number of aliphatic hydroxyl groups is 1. The van der Waals surface area contributed by atoms with Crippen molar-refractivity contribution in [3.63, 3.8) is 0 Å². The Morgan fingerprint density at radius 2 is 2.33 bits per heavy atom. The topological polar surface area (TPSA) is 47.3 Å². The summed E-state index contributed by atoms with van der Waals surface area (Å²) in [7, 11) is 1.86. The number of ether oxygens (including phenoxy) is 1. The van der Waals surface area contributed by atoms with Crippen LogP contribution in [0, 0.1) is 0 Å². The number of aromatic nitrogens is 2. The Labute approximate surface area is 110 Å². The van der Waals surface area contributed by atoms with Crippen LogP contribution in [0.25, 0.3) is 0 Å². The fourth-order valence-electron chi connectivity index (χ4n) is 2.23. The van der Waals surface area contributed by atoms with Crippen molar-refractivity contribution in [3.8, 4) is 5.75 Å². The van der Waals surface area contributed by atoms with Crippen LogP contribution in [-0.2, 0) is 7.05 Å². The van der Waals surface area contributed by atoms with Gasteiger partial charge in [-0.25, -0.2) is 0 Å². The minimum absolute atomic E-state index is 0.164. The molecule has 4 nitrogen and oxygen atoms in total. The van der Waals surface area contributed by atoms with Crippen molar-refractivity contribution in [3.05, 3.63) is 46.7 Å². The van der Waals surface area contributed by atoms with E-state index in [1.54, 1.807) is 29.1 Å². The van der Waals surface area contributed by atoms with Gasteiger partial charge in [0.1, 0.15) is 11.9 Å². The van der Waals surface area contributed by atoms with E-state index in [0.717, 1.165) is 11.1 Å². The van der Waals surface area contributed by atoms with Gasteiger partial charge in [0.15, 0.2) is 0 Å². The first kappa shape index (κ1) is 11.6. The van der Waals surface area contributed by atoms with Crippen LogP contribution in [0.5, 0.6) is 5.75 Å². The summed E-state index contributed by atoms with van der Waals surface area (Å²) in [4.78, 5) is 0. The number of halogens is 1. The maximum atomic E-state index is 10.2. The smallest absolute Gasteiger partial charge is 0.130 e. The molecule has 2 heterocycles. The first-order chi connectivity index (χ1) is 8.63. The van der Waals surface area contributed by atoms with E-state index >= 15 is 0 Å². The summed E-state index contributed by atoms with van der Waals surface area (Å²) >= 11 is 5.92. The Morgan fingerprint density at radius 3 is 3.06 bits per heavy atom. The molecule has 1 aromatic heterocycles. The molecule has 0 saturated carbocycles. The summed E-state index contributed by atoms with van der Waals surface area (Å²) in [6.07, 6.45) is 3.45. The van der Waals surface area contributed by atoms with Gasteiger partial charge in [0, 0.05) is 35.8 Å². The van der Waals surface area contributed by atoms with Crippen molar-refractivity contribution in [2.75, 3.05) is 0 Å². The molecule has 1 N–H and O–H groups in total. The lowest BCUT2D eigenvalue weighted by atomic mass is 9.96. The normalized spacial score (nSPS) is 22.4. The molecule has 0 amide bonds. The Morgan fingerprint density at radius 1 is 1.50 bits per heavy atom. The lowest BCUT2D eigenvalue weighted by Gasteiger charge is -2.29. The van der Waals surface area contributed by atoms with Crippen molar-refractivity contribution in [1.82, 2.24) is 9.78 Å². The molecule has 0 spiro atoms. The van der Waals surface area contributed by atoms with Crippen molar-refractivity contribution >= 4 is 11.6 Å². The van der Waals surface area contributed by atoms with Gasteiger partial charge < -0.3 is 9.84 Å². The van der Waals surface area contributed by atoms with E-state index in [2.05, 4.69) is 5.10 Å². The molecular formula is C13H13ClN2O2. The number of benzene rings is 1. The van der Waals surface area contributed by atoms with Gasteiger partial charge in [0.05, 0.1) is 12.3 Å². The van der Waals surface area contributed by atoms with Crippen LogP contribution in [0.2, 0.25) is 5.02 Å².